The van der Waals surface area contributed by atoms with Crippen LogP contribution >= 0.6 is 0 Å². The first kappa shape index (κ1) is 22.5. The van der Waals surface area contributed by atoms with Crippen molar-refractivity contribution in [1.29, 1.82) is 0 Å². The Morgan fingerprint density at radius 2 is 1.86 bits per heavy atom. The van der Waals surface area contributed by atoms with Crippen LogP contribution in [0.5, 0.6) is 11.6 Å². The molecule has 1 N–H and O–H groups in total. The van der Waals surface area contributed by atoms with Crippen molar-refractivity contribution < 1.29 is 14.2 Å². The van der Waals surface area contributed by atoms with Crippen LogP contribution in [0.15, 0.2) is 43.1 Å². The van der Waals surface area contributed by atoms with Crippen LogP contribution in [0.25, 0.3) is 22.5 Å². The molecule has 1 atom stereocenters. The molecule has 1 saturated heterocycles. The third-order valence-electron chi connectivity index (χ3n) is 6.47. The quantitative estimate of drug-likeness (QED) is 0.450. The summed E-state index contributed by atoms with van der Waals surface area (Å²) in [6, 6.07) is 4.04. The number of pyridine rings is 1. The molecule has 11 heteroatoms. The number of fused-ring (bicyclic) bond motifs is 6. The summed E-state index contributed by atoms with van der Waals surface area (Å²) in [6.45, 7) is 4.02. The highest BCUT2D eigenvalue weighted by molar-refractivity contribution is 5.71. The fourth-order valence-electron chi connectivity index (χ4n) is 4.48. The number of hydrogen-bond donors (Lipinski definition) is 1. The van der Waals surface area contributed by atoms with Gasteiger partial charge in [-0.15, -0.1) is 0 Å². The zero-order valence-corrected chi connectivity index (χ0v) is 20.3. The van der Waals surface area contributed by atoms with E-state index in [-0.39, 0.29) is 6.10 Å². The lowest BCUT2D eigenvalue weighted by Crippen LogP contribution is -2.19. The van der Waals surface area contributed by atoms with Gasteiger partial charge in [0, 0.05) is 62.5 Å². The van der Waals surface area contributed by atoms with Gasteiger partial charge in [0.05, 0.1) is 31.1 Å². The molecule has 186 valence electrons. The smallest absolute Gasteiger partial charge is 0.222 e. The van der Waals surface area contributed by atoms with Crippen LogP contribution in [-0.2, 0) is 11.8 Å². The highest BCUT2D eigenvalue weighted by Crippen LogP contribution is 2.35. The Labute approximate surface area is 208 Å². The number of aryl methyl sites for hydroxylation is 1. The van der Waals surface area contributed by atoms with Crippen molar-refractivity contribution in [2.24, 2.45) is 7.05 Å². The van der Waals surface area contributed by atoms with E-state index >= 15 is 0 Å². The molecule has 0 radical (unpaired) electrons. The molecule has 0 saturated carbocycles. The van der Waals surface area contributed by atoms with E-state index in [1.807, 2.05) is 37.1 Å². The van der Waals surface area contributed by atoms with Gasteiger partial charge in [0.15, 0.2) is 5.82 Å². The maximum atomic E-state index is 6.42. The number of rotatable bonds is 2. The lowest BCUT2D eigenvalue weighted by Gasteiger charge is -2.22. The second-order valence-electron chi connectivity index (χ2n) is 9.06. The Kier molecular flexibility index (Phi) is 5.98. The molecule has 0 aliphatic carbocycles. The third-order valence-corrected chi connectivity index (χ3v) is 6.47. The molecule has 2 aliphatic rings. The van der Waals surface area contributed by atoms with E-state index in [1.165, 1.54) is 0 Å². The van der Waals surface area contributed by atoms with E-state index in [9.17, 15) is 0 Å². The van der Waals surface area contributed by atoms with Crippen molar-refractivity contribution in [3.63, 3.8) is 0 Å². The summed E-state index contributed by atoms with van der Waals surface area (Å²) >= 11 is 0. The van der Waals surface area contributed by atoms with Crippen molar-refractivity contribution in [2.45, 2.75) is 38.3 Å². The molecule has 11 nitrogen and oxygen atoms in total. The predicted molar refractivity (Wildman–Crippen MR) is 132 cm³/mol. The van der Waals surface area contributed by atoms with Crippen molar-refractivity contribution in [3.8, 4) is 34.1 Å². The Hall–Kier alpha value is -3.99. The van der Waals surface area contributed by atoms with Crippen LogP contribution in [0.2, 0.25) is 0 Å². The first-order valence-electron chi connectivity index (χ1n) is 12.2. The van der Waals surface area contributed by atoms with Gasteiger partial charge < -0.3 is 19.5 Å². The van der Waals surface area contributed by atoms with Crippen LogP contribution in [0.1, 0.15) is 32.2 Å². The maximum Gasteiger partial charge on any atom is 0.222 e. The average molecular weight is 489 g/mol. The van der Waals surface area contributed by atoms with Gasteiger partial charge in [-0.25, -0.2) is 19.6 Å². The second-order valence-corrected chi connectivity index (χ2v) is 9.06. The lowest BCUT2D eigenvalue weighted by molar-refractivity contribution is 0.0662. The topological polar surface area (TPSA) is 114 Å². The number of hydrogen-bond acceptors (Lipinski definition) is 9. The molecule has 0 unspecified atom stereocenters. The fraction of sp³-hybridized carbons (Fsp3) is 0.400. The van der Waals surface area contributed by atoms with Gasteiger partial charge in [0.1, 0.15) is 22.9 Å². The first-order chi connectivity index (χ1) is 17.6. The largest absolute Gasteiger partial charge is 0.490 e. The summed E-state index contributed by atoms with van der Waals surface area (Å²) in [5.74, 6) is 3.11. The highest BCUT2D eigenvalue weighted by atomic mass is 16.5. The fourth-order valence-corrected chi connectivity index (χ4v) is 4.48. The Morgan fingerprint density at radius 3 is 2.75 bits per heavy atom. The summed E-state index contributed by atoms with van der Waals surface area (Å²) < 4.78 is 21.7. The maximum absolute atomic E-state index is 6.42. The van der Waals surface area contributed by atoms with Crippen LogP contribution in [-0.4, -0.2) is 60.4 Å². The number of nitrogens with zero attached hydrogens (tertiary/aromatic N) is 7. The number of ether oxygens (including phenoxy) is 3. The SMILES string of the molecule is C[C@H]1CCOc2c(cnn2C)-c2nccc(n2)Nc2cc(c(-c3cnn(C4CCOCC4)c3)cn2)O1. The van der Waals surface area contributed by atoms with Gasteiger partial charge >= 0.3 is 0 Å². The normalized spacial score (nSPS) is 18.3. The monoisotopic (exact) mass is 488 g/mol. The molecule has 4 aromatic heterocycles. The van der Waals surface area contributed by atoms with Crippen LogP contribution in [0, 0.1) is 0 Å². The molecule has 4 bridgehead atoms. The molecule has 6 heterocycles. The number of anilines is 2. The highest BCUT2D eigenvalue weighted by Gasteiger charge is 2.21. The zero-order valence-electron chi connectivity index (χ0n) is 20.3. The van der Waals surface area contributed by atoms with Crippen molar-refractivity contribution in [2.75, 3.05) is 25.1 Å². The van der Waals surface area contributed by atoms with Gasteiger partial charge in [0.25, 0.3) is 0 Å². The van der Waals surface area contributed by atoms with Gasteiger partial charge in [-0.05, 0) is 25.8 Å². The summed E-state index contributed by atoms with van der Waals surface area (Å²) in [5.41, 5.74) is 2.58. The third kappa shape index (κ3) is 4.49. The molecule has 6 rings (SSSR count). The number of nitrogens with one attached hydrogen (secondary N) is 1. The molecule has 2 aliphatic heterocycles. The minimum Gasteiger partial charge on any atom is -0.490 e. The summed E-state index contributed by atoms with van der Waals surface area (Å²) in [6.07, 6.45) is 11.7. The second kappa shape index (κ2) is 9.57. The van der Waals surface area contributed by atoms with E-state index in [0.29, 0.717) is 42.4 Å². The zero-order chi connectivity index (χ0) is 24.5. The molecule has 0 aromatic carbocycles. The minimum absolute atomic E-state index is 0.0989. The van der Waals surface area contributed by atoms with Crippen molar-refractivity contribution in [3.05, 3.63) is 43.1 Å². The van der Waals surface area contributed by atoms with Gasteiger partial charge in [0.2, 0.25) is 5.88 Å². The van der Waals surface area contributed by atoms with E-state index in [2.05, 4.69) is 36.7 Å². The van der Waals surface area contributed by atoms with Crippen molar-refractivity contribution in [1.82, 2.24) is 34.5 Å². The molecular formula is C25H28N8O3. The average Bonchev–Trinajstić information content (AvgIpc) is 3.52. The van der Waals surface area contributed by atoms with E-state index < -0.39 is 0 Å². The summed E-state index contributed by atoms with van der Waals surface area (Å²) in [5, 5.41) is 12.2. The summed E-state index contributed by atoms with van der Waals surface area (Å²) in [4.78, 5) is 13.7. The first-order valence-corrected chi connectivity index (χ1v) is 12.2. The van der Waals surface area contributed by atoms with Crippen LogP contribution in [0.3, 0.4) is 0 Å². The molecule has 36 heavy (non-hydrogen) atoms. The molecule has 1 fully saturated rings. The molecular weight excluding hydrogens is 460 g/mol. The summed E-state index contributed by atoms with van der Waals surface area (Å²) in [7, 11) is 1.84. The number of aromatic nitrogens is 7. The predicted octanol–water partition coefficient (Wildman–Crippen LogP) is 3.78. The van der Waals surface area contributed by atoms with Gasteiger partial charge in [-0.3, -0.25) is 4.68 Å². The molecule has 4 aromatic rings. The van der Waals surface area contributed by atoms with E-state index in [4.69, 9.17) is 14.2 Å². The Bertz CT molecular complexity index is 1360. The van der Waals surface area contributed by atoms with E-state index in [1.54, 1.807) is 23.1 Å². The van der Waals surface area contributed by atoms with Gasteiger partial charge in [-0.2, -0.15) is 10.2 Å². The Balaban J connectivity index is 1.35. The molecule has 0 amide bonds. The Morgan fingerprint density at radius 1 is 0.972 bits per heavy atom. The van der Waals surface area contributed by atoms with Crippen molar-refractivity contribution >= 4 is 11.6 Å². The standard InChI is InChI=1S/C25H28N8O3/c1-16-4-10-35-25-20(14-28-32(25)2)24-26-7-3-22(31-24)30-23-11-21(36-16)19(13-27-23)17-12-29-33(15-17)18-5-8-34-9-6-18/h3,7,11-16,18H,4-6,8-10H2,1-2H3,(H,26,27,30,31)/t16-/m0/s1. The van der Waals surface area contributed by atoms with Gasteiger partial charge in [-0.1, -0.05) is 0 Å². The van der Waals surface area contributed by atoms with E-state index in [0.717, 1.165) is 48.5 Å². The lowest BCUT2D eigenvalue weighted by atomic mass is 10.1. The van der Waals surface area contributed by atoms with Crippen LogP contribution < -0.4 is 14.8 Å². The molecule has 0 spiro atoms. The minimum atomic E-state index is -0.0989. The van der Waals surface area contributed by atoms with Crippen LogP contribution in [0.4, 0.5) is 11.6 Å².